The minimum atomic E-state index is 0.877. The van der Waals surface area contributed by atoms with Gasteiger partial charge in [-0.2, -0.15) is 0 Å². The third-order valence-corrected chi connectivity index (χ3v) is 4.04. The van der Waals surface area contributed by atoms with Crippen molar-refractivity contribution in [2.45, 2.75) is 20.4 Å². The van der Waals surface area contributed by atoms with Gasteiger partial charge < -0.3 is 10.3 Å². The van der Waals surface area contributed by atoms with Crippen LogP contribution >= 0.6 is 11.3 Å². The Morgan fingerprint density at radius 1 is 1.28 bits per heavy atom. The molecule has 0 unspecified atom stereocenters. The lowest BCUT2D eigenvalue weighted by Crippen LogP contribution is -1.98. The minimum Gasteiger partial charge on any atom is -0.380 e. The summed E-state index contributed by atoms with van der Waals surface area (Å²) in [5, 5.41) is 5.58. The lowest BCUT2D eigenvalue weighted by Gasteiger charge is -2.05. The van der Waals surface area contributed by atoms with E-state index in [1.54, 1.807) is 11.3 Å². The van der Waals surface area contributed by atoms with E-state index in [-0.39, 0.29) is 0 Å². The molecule has 0 saturated heterocycles. The van der Waals surface area contributed by atoms with Gasteiger partial charge in [-0.05, 0) is 49.1 Å². The number of imidazole rings is 1. The Balaban J connectivity index is 1.80. The van der Waals surface area contributed by atoms with E-state index >= 15 is 0 Å². The first-order valence-electron chi connectivity index (χ1n) is 5.95. The number of aryl methyl sites for hydroxylation is 2. The summed E-state index contributed by atoms with van der Waals surface area (Å²) in [5.41, 5.74) is 4.58. The van der Waals surface area contributed by atoms with Crippen molar-refractivity contribution in [3.63, 3.8) is 0 Å². The first-order chi connectivity index (χ1) is 8.72. The van der Waals surface area contributed by atoms with E-state index in [0.29, 0.717) is 0 Å². The van der Waals surface area contributed by atoms with Crippen molar-refractivity contribution >= 4 is 28.1 Å². The van der Waals surface area contributed by atoms with E-state index in [1.807, 2.05) is 13.0 Å². The number of H-pyrrole nitrogens is 1. The van der Waals surface area contributed by atoms with Gasteiger partial charge in [-0.3, -0.25) is 0 Å². The van der Waals surface area contributed by atoms with E-state index in [1.165, 1.54) is 10.4 Å². The van der Waals surface area contributed by atoms with E-state index < -0.39 is 0 Å². The van der Waals surface area contributed by atoms with Crippen molar-refractivity contribution in [3.05, 3.63) is 45.9 Å². The van der Waals surface area contributed by atoms with Crippen LogP contribution in [0.4, 0.5) is 5.69 Å². The van der Waals surface area contributed by atoms with Gasteiger partial charge in [-0.1, -0.05) is 0 Å². The van der Waals surface area contributed by atoms with Gasteiger partial charge in [-0.15, -0.1) is 11.3 Å². The number of nitrogens with one attached hydrogen (secondary N) is 2. The molecule has 2 aromatic heterocycles. The molecule has 0 amide bonds. The number of thiophene rings is 1. The predicted molar refractivity (Wildman–Crippen MR) is 77.2 cm³/mol. The highest BCUT2D eigenvalue weighted by Crippen LogP contribution is 2.20. The summed E-state index contributed by atoms with van der Waals surface area (Å²) in [6.45, 7) is 5.00. The van der Waals surface area contributed by atoms with Gasteiger partial charge >= 0.3 is 0 Å². The van der Waals surface area contributed by atoms with Crippen LogP contribution in [0.2, 0.25) is 0 Å². The lowest BCUT2D eigenvalue weighted by atomic mass is 10.2. The molecular formula is C14H15N3S. The highest BCUT2D eigenvalue weighted by molar-refractivity contribution is 7.10. The van der Waals surface area contributed by atoms with Gasteiger partial charge in [0.15, 0.2) is 0 Å². The number of nitrogens with zero attached hydrogens (tertiary/aromatic N) is 1. The van der Waals surface area contributed by atoms with Crippen LogP contribution in [0, 0.1) is 13.8 Å². The highest BCUT2D eigenvalue weighted by Gasteiger charge is 2.02. The Bertz CT molecular complexity index is 681. The molecule has 0 fully saturated rings. The van der Waals surface area contributed by atoms with Gasteiger partial charge in [0, 0.05) is 17.1 Å². The van der Waals surface area contributed by atoms with Crippen LogP contribution in [-0.2, 0) is 6.54 Å². The number of hydrogen-bond donors (Lipinski definition) is 2. The summed E-state index contributed by atoms with van der Waals surface area (Å²) in [4.78, 5) is 9.04. The van der Waals surface area contributed by atoms with Gasteiger partial charge in [0.2, 0.25) is 0 Å². The molecule has 0 aliphatic rings. The molecule has 4 heteroatoms. The number of benzene rings is 1. The zero-order chi connectivity index (χ0) is 12.5. The van der Waals surface area contributed by atoms with Gasteiger partial charge in [0.05, 0.1) is 11.0 Å². The molecular weight excluding hydrogens is 242 g/mol. The Labute approximate surface area is 110 Å². The fourth-order valence-corrected chi connectivity index (χ4v) is 2.86. The summed E-state index contributed by atoms with van der Waals surface area (Å²) in [7, 11) is 0. The van der Waals surface area contributed by atoms with Crippen LogP contribution < -0.4 is 5.32 Å². The summed E-state index contributed by atoms with van der Waals surface area (Å²) >= 11 is 1.79. The molecule has 0 aliphatic heterocycles. The average molecular weight is 257 g/mol. The second-order valence-corrected chi connectivity index (χ2v) is 5.44. The van der Waals surface area contributed by atoms with Gasteiger partial charge in [0.25, 0.3) is 0 Å². The van der Waals surface area contributed by atoms with Crippen molar-refractivity contribution in [1.29, 1.82) is 0 Å². The minimum absolute atomic E-state index is 0.877. The third kappa shape index (κ3) is 2.11. The first kappa shape index (κ1) is 11.3. The summed E-state index contributed by atoms with van der Waals surface area (Å²) in [6.07, 6.45) is 0. The number of anilines is 1. The summed E-state index contributed by atoms with van der Waals surface area (Å²) < 4.78 is 0. The molecule has 0 radical (unpaired) electrons. The Kier molecular flexibility index (Phi) is 2.80. The van der Waals surface area contributed by atoms with E-state index in [2.05, 4.69) is 45.8 Å². The largest absolute Gasteiger partial charge is 0.380 e. The lowest BCUT2D eigenvalue weighted by molar-refractivity contribution is 1.17. The summed E-state index contributed by atoms with van der Waals surface area (Å²) in [5.74, 6) is 0.955. The summed E-state index contributed by atoms with van der Waals surface area (Å²) in [6, 6.07) is 8.38. The van der Waals surface area contributed by atoms with Crippen molar-refractivity contribution in [1.82, 2.24) is 9.97 Å². The predicted octanol–water partition coefficient (Wildman–Crippen LogP) is 3.85. The fraction of sp³-hybridized carbons (Fsp3) is 0.214. The topological polar surface area (TPSA) is 40.7 Å². The number of rotatable bonds is 3. The Morgan fingerprint density at radius 3 is 2.94 bits per heavy atom. The molecule has 3 nitrogen and oxygen atoms in total. The second kappa shape index (κ2) is 4.46. The average Bonchev–Trinajstić information content (AvgIpc) is 2.90. The second-order valence-electron chi connectivity index (χ2n) is 4.43. The first-order valence-corrected chi connectivity index (χ1v) is 6.83. The number of fused-ring (bicyclic) bond motifs is 1. The maximum absolute atomic E-state index is 4.40. The quantitative estimate of drug-likeness (QED) is 0.748. The van der Waals surface area contributed by atoms with E-state index in [9.17, 15) is 0 Å². The molecule has 3 aromatic rings. The van der Waals surface area contributed by atoms with Crippen molar-refractivity contribution in [2.24, 2.45) is 0 Å². The molecule has 0 spiro atoms. The molecule has 0 aliphatic carbocycles. The van der Waals surface area contributed by atoms with Crippen LogP contribution in [0.15, 0.2) is 29.6 Å². The maximum atomic E-state index is 4.40. The van der Waals surface area contributed by atoms with E-state index in [4.69, 9.17) is 0 Å². The SMILES string of the molecule is Cc1nc2ccc(NCc3sccc3C)cc2[nH]1. The molecule has 18 heavy (non-hydrogen) atoms. The zero-order valence-corrected chi connectivity index (χ0v) is 11.3. The Hall–Kier alpha value is -1.81. The number of aromatic amines is 1. The van der Waals surface area contributed by atoms with Crippen molar-refractivity contribution < 1.29 is 0 Å². The highest BCUT2D eigenvalue weighted by atomic mass is 32.1. The standard InChI is InChI=1S/C14H15N3S/c1-9-5-6-18-14(9)8-15-11-3-4-12-13(7-11)17-10(2)16-12/h3-7,15H,8H2,1-2H3,(H,16,17). The van der Waals surface area contributed by atoms with Crippen molar-refractivity contribution in [3.8, 4) is 0 Å². The van der Waals surface area contributed by atoms with Crippen LogP contribution in [-0.4, -0.2) is 9.97 Å². The zero-order valence-electron chi connectivity index (χ0n) is 10.4. The Morgan fingerprint density at radius 2 is 2.17 bits per heavy atom. The molecule has 2 N–H and O–H groups in total. The molecule has 0 atom stereocenters. The molecule has 92 valence electrons. The van der Waals surface area contributed by atoms with Gasteiger partial charge in [-0.25, -0.2) is 4.98 Å². The van der Waals surface area contributed by atoms with Gasteiger partial charge in [0.1, 0.15) is 5.82 Å². The van der Waals surface area contributed by atoms with Crippen LogP contribution in [0.3, 0.4) is 0 Å². The van der Waals surface area contributed by atoms with E-state index in [0.717, 1.165) is 29.1 Å². The molecule has 0 saturated carbocycles. The number of hydrogen-bond acceptors (Lipinski definition) is 3. The van der Waals surface area contributed by atoms with Crippen molar-refractivity contribution in [2.75, 3.05) is 5.32 Å². The van der Waals surface area contributed by atoms with Crippen LogP contribution in [0.1, 0.15) is 16.3 Å². The monoisotopic (exact) mass is 257 g/mol. The smallest absolute Gasteiger partial charge is 0.104 e. The number of aromatic nitrogens is 2. The molecule has 2 heterocycles. The normalized spacial score (nSPS) is 11.0. The third-order valence-electron chi connectivity index (χ3n) is 3.02. The van der Waals surface area contributed by atoms with Crippen LogP contribution in [0.25, 0.3) is 11.0 Å². The molecule has 3 rings (SSSR count). The fourth-order valence-electron chi connectivity index (χ4n) is 2.01. The van der Waals surface area contributed by atoms with Crippen LogP contribution in [0.5, 0.6) is 0 Å². The molecule has 0 bridgehead atoms. The maximum Gasteiger partial charge on any atom is 0.104 e. The molecule has 1 aromatic carbocycles.